The number of likely N-dealkylation sites (tertiary alicyclic amines) is 1. The first-order chi connectivity index (χ1) is 9.99. The highest BCUT2D eigenvalue weighted by atomic mass is 19.1. The van der Waals surface area contributed by atoms with Crippen LogP contribution in [0.1, 0.15) is 25.3 Å². The lowest BCUT2D eigenvalue weighted by Gasteiger charge is -2.36. The minimum absolute atomic E-state index is 0.0540. The topological polar surface area (TPSA) is 63.4 Å². The highest BCUT2D eigenvalue weighted by Gasteiger charge is 2.30. The Balaban J connectivity index is 2.08. The summed E-state index contributed by atoms with van der Waals surface area (Å²) >= 11 is 0. The lowest BCUT2D eigenvalue weighted by molar-refractivity contribution is -0.133. The first kappa shape index (κ1) is 15.2. The number of primary amides is 1. The zero-order chi connectivity index (χ0) is 15.4. The van der Waals surface area contributed by atoms with Crippen molar-refractivity contribution in [2.24, 2.45) is 11.7 Å². The van der Waals surface area contributed by atoms with Crippen molar-refractivity contribution in [3.8, 4) is 0 Å². The molecule has 0 spiro atoms. The third-order valence-corrected chi connectivity index (χ3v) is 3.88. The van der Waals surface area contributed by atoms with Crippen LogP contribution in [0.2, 0.25) is 0 Å². The number of carbonyl (C=O) groups is 2. The highest BCUT2D eigenvalue weighted by Crippen LogP contribution is 2.22. The van der Waals surface area contributed by atoms with Gasteiger partial charge in [-0.25, -0.2) is 4.39 Å². The number of carbonyl (C=O) groups excluding carboxylic acids is 2. The van der Waals surface area contributed by atoms with E-state index in [1.165, 1.54) is 18.2 Å². The number of halogens is 1. The van der Waals surface area contributed by atoms with Crippen LogP contribution in [0, 0.1) is 11.7 Å². The van der Waals surface area contributed by atoms with Crippen LogP contribution in [0.15, 0.2) is 30.3 Å². The molecule has 1 fully saturated rings. The van der Waals surface area contributed by atoms with Gasteiger partial charge in [-0.15, -0.1) is 0 Å². The first-order valence-electron chi connectivity index (χ1n) is 7.01. The number of rotatable bonds is 3. The largest absolute Gasteiger partial charge is 0.369 e. The van der Waals surface area contributed by atoms with E-state index in [4.69, 9.17) is 5.73 Å². The maximum Gasteiger partial charge on any atom is 0.246 e. The van der Waals surface area contributed by atoms with Gasteiger partial charge in [0.2, 0.25) is 11.8 Å². The Kier molecular flexibility index (Phi) is 4.73. The smallest absolute Gasteiger partial charge is 0.246 e. The monoisotopic (exact) mass is 290 g/mol. The van der Waals surface area contributed by atoms with Crippen molar-refractivity contribution < 1.29 is 14.0 Å². The number of hydrogen-bond acceptors (Lipinski definition) is 2. The molecular weight excluding hydrogens is 271 g/mol. The Morgan fingerprint density at radius 1 is 1.33 bits per heavy atom. The van der Waals surface area contributed by atoms with Gasteiger partial charge in [0, 0.05) is 24.2 Å². The number of nitrogens with two attached hydrogens (primary N) is 1. The highest BCUT2D eigenvalue weighted by molar-refractivity contribution is 5.92. The summed E-state index contributed by atoms with van der Waals surface area (Å²) in [7, 11) is 0. The van der Waals surface area contributed by atoms with Crippen LogP contribution < -0.4 is 5.73 Å². The van der Waals surface area contributed by atoms with Crippen LogP contribution in [0.3, 0.4) is 0 Å². The fraction of sp³-hybridized carbons (Fsp3) is 0.375. The first-order valence-corrected chi connectivity index (χ1v) is 7.01. The molecule has 1 aromatic rings. The Morgan fingerprint density at radius 2 is 2.05 bits per heavy atom. The van der Waals surface area contributed by atoms with E-state index in [-0.39, 0.29) is 29.6 Å². The third-order valence-electron chi connectivity index (χ3n) is 3.88. The molecule has 0 aliphatic carbocycles. The average Bonchev–Trinajstić information content (AvgIpc) is 2.46. The molecule has 112 valence electrons. The van der Waals surface area contributed by atoms with Crippen molar-refractivity contribution in [3.05, 3.63) is 41.7 Å². The second-order valence-electron chi connectivity index (χ2n) is 5.37. The van der Waals surface area contributed by atoms with Gasteiger partial charge in [0.15, 0.2) is 0 Å². The zero-order valence-electron chi connectivity index (χ0n) is 12.0. The predicted molar refractivity (Wildman–Crippen MR) is 78.5 cm³/mol. The standard InChI is InChI=1S/C16H19FN2O2/c1-11-6-7-13(16(18)21)10-19(11)15(20)9-8-12-4-2-3-5-14(12)17/h2-5,8-9,11,13H,6-7,10H2,1H3,(H2,18,21)/b9-8+/t11-,13+/m1/s1. The molecule has 4 nitrogen and oxygen atoms in total. The molecule has 1 saturated heterocycles. The molecule has 2 N–H and O–H groups in total. The number of nitrogens with zero attached hydrogens (tertiary/aromatic N) is 1. The maximum absolute atomic E-state index is 13.5. The molecule has 1 aliphatic rings. The third kappa shape index (κ3) is 3.68. The van der Waals surface area contributed by atoms with Crippen LogP contribution >= 0.6 is 0 Å². The number of amides is 2. The van der Waals surface area contributed by atoms with Crippen LogP contribution in [0.5, 0.6) is 0 Å². The normalized spacial score (nSPS) is 22.5. The van der Waals surface area contributed by atoms with Gasteiger partial charge in [-0.3, -0.25) is 9.59 Å². The Morgan fingerprint density at radius 3 is 2.71 bits per heavy atom. The van der Waals surface area contributed by atoms with Crippen molar-refractivity contribution in [3.63, 3.8) is 0 Å². The van der Waals surface area contributed by atoms with E-state index in [2.05, 4.69) is 0 Å². The molecule has 0 radical (unpaired) electrons. The SMILES string of the molecule is C[C@@H]1CC[C@H](C(N)=O)CN1C(=O)/C=C/c1ccccc1F. The molecular formula is C16H19FN2O2. The van der Waals surface area contributed by atoms with Crippen LogP contribution in [-0.2, 0) is 9.59 Å². The summed E-state index contributed by atoms with van der Waals surface area (Å²) in [6, 6.07) is 6.30. The van der Waals surface area contributed by atoms with Gasteiger partial charge in [0.1, 0.15) is 5.82 Å². The predicted octanol–water partition coefficient (Wildman–Crippen LogP) is 1.95. The van der Waals surface area contributed by atoms with Gasteiger partial charge in [0.25, 0.3) is 0 Å². The molecule has 0 saturated carbocycles. The van der Waals surface area contributed by atoms with Gasteiger partial charge in [-0.05, 0) is 31.9 Å². The van der Waals surface area contributed by atoms with E-state index in [1.54, 1.807) is 23.1 Å². The minimum atomic E-state index is -0.377. The Labute approximate surface area is 123 Å². The van der Waals surface area contributed by atoms with Gasteiger partial charge in [0.05, 0.1) is 5.92 Å². The van der Waals surface area contributed by atoms with Gasteiger partial charge in [-0.2, -0.15) is 0 Å². The second-order valence-corrected chi connectivity index (χ2v) is 5.37. The zero-order valence-corrected chi connectivity index (χ0v) is 12.0. The number of piperidine rings is 1. The minimum Gasteiger partial charge on any atom is -0.369 e. The fourth-order valence-corrected chi connectivity index (χ4v) is 2.51. The molecule has 1 aromatic carbocycles. The van der Waals surface area contributed by atoms with E-state index in [0.29, 0.717) is 18.5 Å². The van der Waals surface area contributed by atoms with Crippen molar-refractivity contribution in [2.75, 3.05) is 6.54 Å². The quantitative estimate of drug-likeness (QED) is 0.865. The van der Waals surface area contributed by atoms with E-state index < -0.39 is 0 Å². The summed E-state index contributed by atoms with van der Waals surface area (Å²) in [6.45, 7) is 2.27. The number of hydrogen-bond donors (Lipinski definition) is 1. The maximum atomic E-state index is 13.5. The van der Waals surface area contributed by atoms with Crippen LogP contribution in [0.25, 0.3) is 6.08 Å². The van der Waals surface area contributed by atoms with E-state index in [0.717, 1.165) is 6.42 Å². The number of benzene rings is 1. The Bertz CT molecular complexity index is 571. The average molecular weight is 290 g/mol. The van der Waals surface area contributed by atoms with Crippen molar-refractivity contribution in [1.29, 1.82) is 0 Å². The summed E-state index contributed by atoms with van der Waals surface area (Å²) in [6.07, 6.45) is 4.25. The summed E-state index contributed by atoms with van der Waals surface area (Å²) in [5.41, 5.74) is 5.68. The van der Waals surface area contributed by atoms with E-state index in [9.17, 15) is 14.0 Å². The van der Waals surface area contributed by atoms with E-state index >= 15 is 0 Å². The Hall–Kier alpha value is -2.17. The molecule has 2 amide bonds. The van der Waals surface area contributed by atoms with E-state index in [1.807, 2.05) is 6.92 Å². The fourth-order valence-electron chi connectivity index (χ4n) is 2.51. The molecule has 5 heteroatoms. The van der Waals surface area contributed by atoms with Crippen molar-refractivity contribution in [2.45, 2.75) is 25.8 Å². The van der Waals surface area contributed by atoms with Gasteiger partial charge >= 0.3 is 0 Å². The van der Waals surface area contributed by atoms with Crippen molar-refractivity contribution in [1.82, 2.24) is 4.90 Å². The molecule has 0 bridgehead atoms. The van der Waals surface area contributed by atoms with Crippen LogP contribution in [-0.4, -0.2) is 29.3 Å². The van der Waals surface area contributed by atoms with Crippen LogP contribution in [0.4, 0.5) is 4.39 Å². The lowest BCUT2D eigenvalue weighted by Crippen LogP contribution is -2.48. The summed E-state index contributed by atoms with van der Waals surface area (Å²) in [4.78, 5) is 25.1. The summed E-state index contributed by atoms with van der Waals surface area (Å²) in [5.74, 6) is -1.27. The summed E-state index contributed by atoms with van der Waals surface area (Å²) in [5, 5.41) is 0. The summed E-state index contributed by atoms with van der Waals surface area (Å²) < 4.78 is 13.5. The molecule has 0 aromatic heterocycles. The lowest BCUT2D eigenvalue weighted by atomic mass is 9.93. The molecule has 2 atom stereocenters. The molecule has 1 aliphatic heterocycles. The van der Waals surface area contributed by atoms with Gasteiger partial charge < -0.3 is 10.6 Å². The molecule has 0 unspecified atom stereocenters. The second kappa shape index (κ2) is 6.52. The molecule has 21 heavy (non-hydrogen) atoms. The van der Waals surface area contributed by atoms with Gasteiger partial charge in [-0.1, -0.05) is 18.2 Å². The molecule has 2 rings (SSSR count). The molecule has 1 heterocycles. The van der Waals surface area contributed by atoms with Crippen molar-refractivity contribution >= 4 is 17.9 Å².